The molecule has 154 valence electrons. The SMILES string of the molecule is CCOC(=O)c1cnn2ccc(NS(=O)(=O)c3ccc(OC(F)(F)F)cc3)cc12. The van der Waals surface area contributed by atoms with Crippen LogP contribution < -0.4 is 9.46 Å². The first-order valence-electron chi connectivity index (χ1n) is 8.12. The molecule has 1 aromatic carbocycles. The molecule has 0 amide bonds. The number of alkyl halides is 3. The molecule has 2 aromatic heterocycles. The van der Waals surface area contributed by atoms with Gasteiger partial charge in [-0.2, -0.15) is 5.10 Å². The van der Waals surface area contributed by atoms with Crippen LogP contribution in [0, 0.1) is 0 Å². The lowest BCUT2D eigenvalue weighted by Gasteiger charge is -2.11. The van der Waals surface area contributed by atoms with Crippen LogP contribution in [0.5, 0.6) is 5.75 Å². The number of carbonyl (C=O) groups excluding carboxylic acids is 1. The number of anilines is 1. The number of halogens is 3. The van der Waals surface area contributed by atoms with Gasteiger partial charge in [-0.25, -0.2) is 17.7 Å². The minimum absolute atomic E-state index is 0.124. The van der Waals surface area contributed by atoms with Crippen molar-refractivity contribution in [1.29, 1.82) is 0 Å². The summed E-state index contributed by atoms with van der Waals surface area (Å²) in [6.07, 6.45) is -2.14. The molecule has 0 radical (unpaired) electrons. The Bertz CT molecular complexity index is 1140. The second-order valence-electron chi connectivity index (χ2n) is 5.65. The molecule has 0 unspecified atom stereocenters. The Morgan fingerprint density at radius 1 is 1.21 bits per heavy atom. The van der Waals surface area contributed by atoms with Crippen molar-refractivity contribution in [3.05, 3.63) is 54.4 Å². The van der Waals surface area contributed by atoms with Crippen molar-refractivity contribution in [3.63, 3.8) is 0 Å². The van der Waals surface area contributed by atoms with Gasteiger partial charge in [0, 0.05) is 6.20 Å². The molecule has 1 N–H and O–H groups in total. The molecule has 12 heteroatoms. The van der Waals surface area contributed by atoms with Crippen LogP contribution in [0.15, 0.2) is 53.7 Å². The van der Waals surface area contributed by atoms with E-state index in [1.165, 1.54) is 29.0 Å². The van der Waals surface area contributed by atoms with Gasteiger partial charge in [-0.3, -0.25) is 4.72 Å². The van der Waals surface area contributed by atoms with Crippen molar-refractivity contribution < 1.29 is 35.9 Å². The molecule has 0 aliphatic rings. The highest BCUT2D eigenvalue weighted by atomic mass is 32.2. The van der Waals surface area contributed by atoms with Crippen LogP contribution in [-0.4, -0.2) is 37.0 Å². The second kappa shape index (κ2) is 7.62. The number of hydrogen-bond donors (Lipinski definition) is 1. The van der Waals surface area contributed by atoms with Crippen LogP contribution in [0.25, 0.3) is 5.52 Å². The van der Waals surface area contributed by atoms with E-state index in [2.05, 4.69) is 14.6 Å². The zero-order chi connectivity index (χ0) is 21.2. The van der Waals surface area contributed by atoms with Gasteiger partial charge in [-0.15, -0.1) is 13.2 Å². The first-order valence-corrected chi connectivity index (χ1v) is 9.60. The minimum Gasteiger partial charge on any atom is -0.462 e. The molecule has 0 aliphatic heterocycles. The molecular formula is C17H14F3N3O5S. The van der Waals surface area contributed by atoms with E-state index in [-0.39, 0.29) is 22.8 Å². The van der Waals surface area contributed by atoms with Gasteiger partial charge in [-0.05, 0) is 43.3 Å². The van der Waals surface area contributed by atoms with Gasteiger partial charge < -0.3 is 9.47 Å². The lowest BCUT2D eigenvalue weighted by Crippen LogP contribution is -2.17. The van der Waals surface area contributed by atoms with Crippen molar-refractivity contribution >= 4 is 27.2 Å². The van der Waals surface area contributed by atoms with E-state index in [1.807, 2.05) is 0 Å². The van der Waals surface area contributed by atoms with Crippen molar-refractivity contribution in [3.8, 4) is 5.75 Å². The summed E-state index contributed by atoms with van der Waals surface area (Å²) < 4.78 is 73.9. The third-order valence-corrected chi connectivity index (χ3v) is 5.03. The van der Waals surface area contributed by atoms with Gasteiger partial charge in [-0.1, -0.05) is 0 Å². The summed E-state index contributed by atoms with van der Waals surface area (Å²) in [6.45, 7) is 1.81. The van der Waals surface area contributed by atoms with E-state index in [0.717, 1.165) is 24.3 Å². The van der Waals surface area contributed by atoms with Crippen LogP contribution in [0.1, 0.15) is 17.3 Å². The van der Waals surface area contributed by atoms with Crippen molar-refractivity contribution in [2.75, 3.05) is 11.3 Å². The summed E-state index contributed by atoms with van der Waals surface area (Å²) in [6, 6.07) is 6.53. The predicted octanol–water partition coefficient (Wildman–Crippen LogP) is 3.21. The topological polar surface area (TPSA) is 99.0 Å². The number of benzene rings is 1. The Kier molecular flexibility index (Phi) is 5.38. The Labute approximate surface area is 162 Å². The zero-order valence-electron chi connectivity index (χ0n) is 14.8. The number of rotatable bonds is 6. The number of fused-ring (bicyclic) bond motifs is 1. The molecule has 0 fully saturated rings. The fourth-order valence-corrected chi connectivity index (χ4v) is 3.49. The summed E-state index contributed by atoms with van der Waals surface area (Å²) in [5.41, 5.74) is 0.596. The minimum atomic E-state index is -4.88. The molecule has 8 nitrogen and oxygen atoms in total. The standard InChI is InChI=1S/C17H14F3N3O5S/c1-2-27-16(24)14-10-21-23-8-7-11(9-15(14)23)22-29(25,26)13-5-3-12(4-6-13)28-17(18,19)20/h3-10,22H,2H2,1H3. The maximum atomic E-state index is 12.5. The number of sulfonamides is 1. The molecule has 0 atom stereocenters. The van der Waals surface area contributed by atoms with Crippen molar-refractivity contribution in [1.82, 2.24) is 9.61 Å². The van der Waals surface area contributed by atoms with E-state index < -0.39 is 28.1 Å². The molecule has 0 saturated heterocycles. The first-order chi connectivity index (χ1) is 13.6. The first kappa shape index (κ1) is 20.5. The van der Waals surface area contributed by atoms with Gasteiger partial charge in [0.1, 0.15) is 11.3 Å². The molecule has 0 bridgehead atoms. The molecule has 3 rings (SSSR count). The van der Waals surface area contributed by atoms with Crippen LogP contribution >= 0.6 is 0 Å². The lowest BCUT2D eigenvalue weighted by atomic mass is 10.2. The molecule has 29 heavy (non-hydrogen) atoms. The third kappa shape index (κ3) is 4.77. The smallest absolute Gasteiger partial charge is 0.462 e. The Morgan fingerprint density at radius 3 is 2.52 bits per heavy atom. The largest absolute Gasteiger partial charge is 0.573 e. The quantitative estimate of drug-likeness (QED) is 0.604. The highest BCUT2D eigenvalue weighted by Crippen LogP contribution is 2.25. The zero-order valence-corrected chi connectivity index (χ0v) is 15.6. The summed E-state index contributed by atoms with van der Waals surface area (Å²) in [5.74, 6) is -1.15. The van der Waals surface area contributed by atoms with Gasteiger partial charge in [0.2, 0.25) is 0 Å². The van der Waals surface area contributed by atoms with Crippen molar-refractivity contribution in [2.24, 2.45) is 0 Å². The number of pyridine rings is 1. The van der Waals surface area contributed by atoms with Gasteiger partial charge in [0.05, 0.1) is 28.9 Å². The Morgan fingerprint density at radius 2 is 1.90 bits per heavy atom. The predicted molar refractivity (Wildman–Crippen MR) is 95.1 cm³/mol. The molecule has 0 saturated carbocycles. The van der Waals surface area contributed by atoms with Gasteiger partial charge in [0.25, 0.3) is 10.0 Å². The van der Waals surface area contributed by atoms with Crippen LogP contribution in [0.3, 0.4) is 0 Å². The van der Waals surface area contributed by atoms with E-state index in [1.54, 1.807) is 6.92 Å². The van der Waals surface area contributed by atoms with Crippen LogP contribution in [0.4, 0.5) is 18.9 Å². The molecule has 0 spiro atoms. The highest BCUT2D eigenvalue weighted by Gasteiger charge is 2.31. The lowest BCUT2D eigenvalue weighted by molar-refractivity contribution is -0.274. The van der Waals surface area contributed by atoms with Gasteiger partial charge >= 0.3 is 12.3 Å². The van der Waals surface area contributed by atoms with Crippen LogP contribution in [0.2, 0.25) is 0 Å². The highest BCUT2D eigenvalue weighted by molar-refractivity contribution is 7.92. The maximum Gasteiger partial charge on any atom is 0.573 e. The van der Waals surface area contributed by atoms with E-state index in [4.69, 9.17) is 4.74 Å². The number of nitrogens with zero attached hydrogens (tertiary/aromatic N) is 2. The number of carbonyl (C=O) groups is 1. The molecule has 0 aliphatic carbocycles. The Hall–Kier alpha value is -3.28. The monoisotopic (exact) mass is 429 g/mol. The normalized spacial score (nSPS) is 12.0. The number of aromatic nitrogens is 2. The average Bonchev–Trinajstić information content (AvgIpc) is 3.04. The van der Waals surface area contributed by atoms with E-state index >= 15 is 0 Å². The summed E-state index contributed by atoms with van der Waals surface area (Å²) >= 11 is 0. The summed E-state index contributed by atoms with van der Waals surface area (Å²) in [5, 5.41) is 3.99. The third-order valence-electron chi connectivity index (χ3n) is 3.64. The van der Waals surface area contributed by atoms with Crippen molar-refractivity contribution in [2.45, 2.75) is 18.2 Å². The summed E-state index contributed by atoms with van der Waals surface area (Å²) in [4.78, 5) is 11.7. The van der Waals surface area contributed by atoms with E-state index in [9.17, 15) is 26.4 Å². The fraction of sp³-hybridized carbons (Fsp3) is 0.176. The average molecular weight is 429 g/mol. The molecule has 3 aromatic rings. The number of ether oxygens (including phenoxy) is 2. The van der Waals surface area contributed by atoms with Crippen LogP contribution in [-0.2, 0) is 14.8 Å². The fourth-order valence-electron chi connectivity index (χ4n) is 2.44. The maximum absolute atomic E-state index is 12.5. The summed E-state index contributed by atoms with van der Waals surface area (Å²) in [7, 11) is -4.10. The van der Waals surface area contributed by atoms with E-state index in [0.29, 0.717) is 5.52 Å². The van der Waals surface area contributed by atoms with Gasteiger partial charge in [0.15, 0.2) is 0 Å². The number of esters is 1. The second-order valence-corrected chi connectivity index (χ2v) is 7.33. The Balaban J connectivity index is 1.85. The number of nitrogens with one attached hydrogen (secondary N) is 1. The molecular weight excluding hydrogens is 415 g/mol. The number of hydrogen-bond acceptors (Lipinski definition) is 6. The molecule has 2 heterocycles.